The van der Waals surface area contributed by atoms with Crippen LogP contribution in [0.5, 0.6) is 0 Å². The van der Waals surface area contributed by atoms with Crippen molar-refractivity contribution in [3.05, 3.63) is 0 Å². The summed E-state index contributed by atoms with van der Waals surface area (Å²) in [6.45, 7) is 2.22. The average molecular weight is 172 g/mol. The average Bonchev–Trinajstić information content (AvgIpc) is 1.95. The van der Waals surface area contributed by atoms with E-state index in [0.29, 0.717) is 6.42 Å². The van der Waals surface area contributed by atoms with Crippen molar-refractivity contribution in [3.8, 4) is 0 Å². The molecule has 4 heteroatoms. The van der Waals surface area contributed by atoms with Gasteiger partial charge in [-0.1, -0.05) is 0 Å². The van der Waals surface area contributed by atoms with Crippen LogP contribution in [0.2, 0.25) is 0 Å². The van der Waals surface area contributed by atoms with Crippen LogP contribution >= 0.6 is 0 Å². The lowest BCUT2D eigenvalue weighted by molar-refractivity contribution is -0.129. The molecule has 0 aromatic carbocycles. The predicted molar refractivity (Wildman–Crippen MR) is 45.8 cm³/mol. The lowest BCUT2D eigenvalue weighted by Gasteiger charge is -2.35. The number of carbonyl (C=O) groups is 1. The Hall–Kier alpha value is -0.610. The summed E-state index contributed by atoms with van der Waals surface area (Å²) in [6.07, 6.45) is 0.388. The maximum atomic E-state index is 11.1. The molecule has 1 rings (SSSR count). The van der Waals surface area contributed by atoms with E-state index in [9.17, 15) is 4.79 Å². The summed E-state index contributed by atoms with van der Waals surface area (Å²) in [6, 6.07) is 0. The Morgan fingerprint density at radius 1 is 1.58 bits per heavy atom. The van der Waals surface area contributed by atoms with Gasteiger partial charge in [-0.2, -0.15) is 0 Å². The van der Waals surface area contributed by atoms with E-state index in [1.165, 1.54) is 0 Å². The van der Waals surface area contributed by atoms with Gasteiger partial charge in [-0.15, -0.1) is 0 Å². The number of nitrogens with zero attached hydrogens (tertiary/aromatic N) is 2. The van der Waals surface area contributed by atoms with E-state index in [1.807, 2.05) is 0 Å². The fraction of sp³-hybridized carbons (Fsp3) is 0.875. The molecule has 0 radical (unpaired) electrons. The Kier molecular flexibility index (Phi) is 3.05. The van der Waals surface area contributed by atoms with Crippen molar-refractivity contribution in [1.29, 1.82) is 0 Å². The summed E-state index contributed by atoms with van der Waals surface area (Å²) in [5.41, 5.74) is 0. The first kappa shape index (κ1) is 9.48. The van der Waals surface area contributed by atoms with Crippen LogP contribution in [0, 0.1) is 0 Å². The third-order valence-electron chi connectivity index (χ3n) is 2.08. The summed E-state index contributed by atoms with van der Waals surface area (Å²) >= 11 is 0. The standard InChI is InChI=1S/C8H16N2O2/c1-9(2)8(12)3-4-10-5-7(11)6-10/h7,11H,3-6H2,1-2H3. The van der Waals surface area contributed by atoms with Crippen LogP contribution < -0.4 is 0 Å². The summed E-state index contributed by atoms with van der Waals surface area (Å²) in [7, 11) is 3.51. The van der Waals surface area contributed by atoms with Crippen LogP contribution in [0.3, 0.4) is 0 Å². The fourth-order valence-corrected chi connectivity index (χ4v) is 1.20. The van der Waals surface area contributed by atoms with Gasteiger partial charge in [-0.3, -0.25) is 9.69 Å². The third kappa shape index (κ3) is 2.46. The van der Waals surface area contributed by atoms with E-state index in [-0.39, 0.29) is 12.0 Å². The second kappa shape index (κ2) is 3.87. The molecule has 1 aliphatic heterocycles. The highest BCUT2D eigenvalue weighted by atomic mass is 16.3. The van der Waals surface area contributed by atoms with Gasteiger partial charge in [0.15, 0.2) is 0 Å². The highest BCUT2D eigenvalue weighted by Crippen LogP contribution is 2.07. The zero-order valence-electron chi connectivity index (χ0n) is 7.66. The lowest BCUT2D eigenvalue weighted by Crippen LogP contribution is -2.51. The molecule has 1 fully saturated rings. The molecule has 4 nitrogen and oxygen atoms in total. The molecule has 12 heavy (non-hydrogen) atoms. The molecule has 1 saturated heterocycles. The molecule has 1 amide bonds. The first-order chi connectivity index (χ1) is 5.59. The number of likely N-dealkylation sites (tertiary alicyclic amines) is 1. The van der Waals surface area contributed by atoms with Crippen LogP contribution in [0.4, 0.5) is 0 Å². The zero-order valence-corrected chi connectivity index (χ0v) is 7.66. The number of hydrogen-bond donors (Lipinski definition) is 1. The maximum absolute atomic E-state index is 11.1. The summed E-state index contributed by atoms with van der Waals surface area (Å²) in [5.74, 6) is 0.149. The van der Waals surface area contributed by atoms with E-state index in [0.717, 1.165) is 19.6 Å². The van der Waals surface area contributed by atoms with Crippen molar-refractivity contribution in [2.45, 2.75) is 12.5 Å². The SMILES string of the molecule is CN(C)C(=O)CCN1CC(O)C1. The predicted octanol–water partition coefficient (Wildman–Crippen LogP) is -0.859. The molecule has 0 unspecified atom stereocenters. The van der Waals surface area contributed by atoms with Crippen LogP contribution in [0.15, 0.2) is 0 Å². The van der Waals surface area contributed by atoms with Crippen molar-refractivity contribution >= 4 is 5.91 Å². The largest absolute Gasteiger partial charge is 0.390 e. The maximum Gasteiger partial charge on any atom is 0.223 e. The second-order valence-electron chi connectivity index (χ2n) is 3.45. The monoisotopic (exact) mass is 172 g/mol. The van der Waals surface area contributed by atoms with Gasteiger partial charge >= 0.3 is 0 Å². The van der Waals surface area contributed by atoms with E-state index >= 15 is 0 Å². The number of β-amino-alcohol motifs (C(OH)–C–C–N with tert-alkyl or cyclic N) is 1. The zero-order chi connectivity index (χ0) is 9.14. The first-order valence-electron chi connectivity index (χ1n) is 4.20. The van der Waals surface area contributed by atoms with Gasteiger partial charge in [0.2, 0.25) is 5.91 Å². The van der Waals surface area contributed by atoms with E-state index in [1.54, 1.807) is 19.0 Å². The Bertz CT molecular complexity index is 164. The topological polar surface area (TPSA) is 43.8 Å². The molecule has 1 heterocycles. The Balaban J connectivity index is 2.06. The molecule has 0 aromatic rings. The highest BCUT2D eigenvalue weighted by molar-refractivity contribution is 5.75. The molecule has 0 aliphatic carbocycles. The van der Waals surface area contributed by atoms with E-state index in [2.05, 4.69) is 4.90 Å². The van der Waals surface area contributed by atoms with E-state index < -0.39 is 0 Å². The van der Waals surface area contributed by atoms with Crippen LogP contribution in [0.25, 0.3) is 0 Å². The van der Waals surface area contributed by atoms with Gasteiger partial charge < -0.3 is 10.0 Å². The molecule has 70 valence electrons. The number of aliphatic hydroxyl groups excluding tert-OH is 1. The molecule has 0 spiro atoms. The summed E-state index contributed by atoms with van der Waals surface area (Å²) in [5, 5.41) is 8.96. The van der Waals surface area contributed by atoms with Gasteiger partial charge in [0.1, 0.15) is 0 Å². The van der Waals surface area contributed by atoms with Crippen LogP contribution in [-0.2, 0) is 4.79 Å². The number of carbonyl (C=O) groups excluding carboxylic acids is 1. The smallest absolute Gasteiger partial charge is 0.223 e. The lowest BCUT2D eigenvalue weighted by atomic mass is 10.1. The molecule has 0 aromatic heterocycles. The number of hydrogen-bond acceptors (Lipinski definition) is 3. The quantitative estimate of drug-likeness (QED) is 0.602. The molecule has 0 saturated carbocycles. The van der Waals surface area contributed by atoms with Gasteiger partial charge in [-0.25, -0.2) is 0 Å². The van der Waals surface area contributed by atoms with Gasteiger partial charge in [0, 0.05) is 40.2 Å². The normalized spacial score (nSPS) is 18.9. The fourth-order valence-electron chi connectivity index (χ4n) is 1.20. The Labute approximate surface area is 72.8 Å². The molecule has 1 N–H and O–H groups in total. The van der Waals surface area contributed by atoms with Crippen molar-refractivity contribution in [2.24, 2.45) is 0 Å². The Morgan fingerprint density at radius 3 is 2.58 bits per heavy atom. The minimum atomic E-state index is -0.167. The molecular formula is C8H16N2O2. The third-order valence-corrected chi connectivity index (χ3v) is 2.08. The minimum Gasteiger partial charge on any atom is -0.390 e. The van der Waals surface area contributed by atoms with Crippen molar-refractivity contribution in [3.63, 3.8) is 0 Å². The summed E-state index contributed by atoms with van der Waals surface area (Å²) < 4.78 is 0. The molecule has 0 atom stereocenters. The van der Waals surface area contributed by atoms with Crippen LogP contribution in [-0.4, -0.2) is 60.6 Å². The summed E-state index contributed by atoms with van der Waals surface area (Å²) in [4.78, 5) is 14.8. The molecule has 1 aliphatic rings. The van der Waals surface area contributed by atoms with Gasteiger partial charge in [0.05, 0.1) is 6.10 Å². The van der Waals surface area contributed by atoms with E-state index in [4.69, 9.17) is 5.11 Å². The molecular weight excluding hydrogens is 156 g/mol. The highest BCUT2D eigenvalue weighted by Gasteiger charge is 2.24. The van der Waals surface area contributed by atoms with Crippen molar-refractivity contribution in [1.82, 2.24) is 9.80 Å². The first-order valence-corrected chi connectivity index (χ1v) is 4.20. The number of rotatable bonds is 3. The Morgan fingerprint density at radius 2 is 2.17 bits per heavy atom. The van der Waals surface area contributed by atoms with Gasteiger partial charge in [-0.05, 0) is 0 Å². The number of aliphatic hydroxyl groups is 1. The number of amides is 1. The van der Waals surface area contributed by atoms with Crippen LogP contribution in [0.1, 0.15) is 6.42 Å². The molecule has 0 bridgehead atoms. The van der Waals surface area contributed by atoms with Gasteiger partial charge in [0.25, 0.3) is 0 Å². The van der Waals surface area contributed by atoms with Crippen molar-refractivity contribution in [2.75, 3.05) is 33.7 Å². The van der Waals surface area contributed by atoms with Crippen molar-refractivity contribution < 1.29 is 9.90 Å². The minimum absolute atomic E-state index is 0.149. The second-order valence-corrected chi connectivity index (χ2v) is 3.45.